The zero-order valence-corrected chi connectivity index (χ0v) is 11.4. The lowest BCUT2D eigenvalue weighted by Crippen LogP contribution is -2.49. The molecule has 0 amide bonds. The van der Waals surface area contributed by atoms with Crippen molar-refractivity contribution in [3.05, 3.63) is 0 Å². The molecular weight excluding hydrogens is 240 g/mol. The number of aliphatic hydroxyl groups is 1. The molecule has 2 fully saturated rings. The van der Waals surface area contributed by atoms with Crippen molar-refractivity contribution in [2.24, 2.45) is 5.41 Å². The van der Waals surface area contributed by atoms with Crippen LogP contribution in [-0.2, 0) is 10.2 Å². The van der Waals surface area contributed by atoms with Gasteiger partial charge in [0.05, 0.1) is 0 Å². The first-order chi connectivity index (χ1) is 7.81. The molecule has 0 aromatic rings. The Morgan fingerprint density at radius 2 is 1.94 bits per heavy atom. The highest BCUT2D eigenvalue weighted by Gasteiger charge is 2.45. The zero-order chi connectivity index (χ0) is 12.7. The maximum Gasteiger partial charge on any atom is 0.279 e. The van der Waals surface area contributed by atoms with E-state index in [-0.39, 0.29) is 17.6 Å². The highest BCUT2D eigenvalue weighted by atomic mass is 32.2. The first-order valence-corrected chi connectivity index (χ1v) is 7.64. The fourth-order valence-corrected chi connectivity index (χ4v) is 4.17. The maximum absolute atomic E-state index is 12.2. The first-order valence-electron chi connectivity index (χ1n) is 6.20. The molecule has 2 aliphatic rings. The summed E-state index contributed by atoms with van der Waals surface area (Å²) in [5, 5.41) is 9.17. The van der Waals surface area contributed by atoms with E-state index in [1.54, 1.807) is 4.31 Å². The summed E-state index contributed by atoms with van der Waals surface area (Å²) in [4.78, 5) is 0. The van der Waals surface area contributed by atoms with Crippen LogP contribution in [0.15, 0.2) is 0 Å². The second-order valence-corrected chi connectivity index (χ2v) is 7.65. The summed E-state index contributed by atoms with van der Waals surface area (Å²) < 4.78 is 28.5. The third-order valence-corrected chi connectivity index (χ3v) is 5.80. The molecule has 0 spiro atoms. The Morgan fingerprint density at radius 1 is 1.29 bits per heavy atom. The summed E-state index contributed by atoms with van der Waals surface area (Å²) in [6.07, 6.45) is 3.64. The minimum absolute atomic E-state index is 0.0684. The number of hydrogen-bond donors (Lipinski definition) is 2. The van der Waals surface area contributed by atoms with Crippen molar-refractivity contribution in [3.8, 4) is 0 Å². The van der Waals surface area contributed by atoms with Crippen molar-refractivity contribution >= 4 is 10.2 Å². The minimum atomic E-state index is -3.40. The fraction of sp³-hybridized carbons (Fsp3) is 1.00. The summed E-state index contributed by atoms with van der Waals surface area (Å²) >= 11 is 0. The molecule has 0 atom stereocenters. The van der Waals surface area contributed by atoms with E-state index in [1.807, 2.05) is 13.8 Å². The Kier molecular flexibility index (Phi) is 3.27. The van der Waals surface area contributed by atoms with E-state index < -0.39 is 10.2 Å². The predicted octanol–water partition coefficient (Wildman–Crippen LogP) is 0.468. The quantitative estimate of drug-likeness (QED) is 0.756. The number of aliphatic hydroxyl groups excluding tert-OH is 1. The normalized spacial score (nSPS) is 27.2. The molecule has 17 heavy (non-hydrogen) atoms. The molecule has 2 N–H and O–H groups in total. The number of nitrogens with zero attached hydrogens (tertiary/aromatic N) is 1. The molecule has 0 aromatic carbocycles. The summed E-state index contributed by atoms with van der Waals surface area (Å²) in [5.41, 5.74) is -0.474. The number of rotatable bonds is 5. The Morgan fingerprint density at radius 3 is 2.35 bits per heavy atom. The molecule has 0 unspecified atom stereocenters. The van der Waals surface area contributed by atoms with Gasteiger partial charge >= 0.3 is 0 Å². The highest BCUT2D eigenvalue weighted by molar-refractivity contribution is 7.87. The van der Waals surface area contributed by atoms with Crippen LogP contribution in [0.2, 0.25) is 0 Å². The smallest absolute Gasteiger partial charge is 0.279 e. The van der Waals surface area contributed by atoms with Crippen LogP contribution in [0.4, 0.5) is 0 Å². The van der Waals surface area contributed by atoms with Gasteiger partial charge in [0.1, 0.15) is 0 Å². The third-order valence-electron chi connectivity index (χ3n) is 4.04. The lowest BCUT2D eigenvalue weighted by Gasteiger charge is -2.31. The van der Waals surface area contributed by atoms with E-state index in [2.05, 4.69) is 4.72 Å². The molecule has 0 radical (unpaired) electrons. The summed E-state index contributed by atoms with van der Waals surface area (Å²) in [5.74, 6) is 0. The van der Waals surface area contributed by atoms with Gasteiger partial charge in [-0.15, -0.1) is 0 Å². The molecule has 100 valence electrons. The van der Waals surface area contributed by atoms with Crippen LogP contribution >= 0.6 is 0 Å². The van der Waals surface area contributed by atoms with Crippen molar-refractivity contribution in [1.82, 2.24) is 9.03 Å². The van der Waals surface area contributed by atoms with Crippen LogP contribution in [0.1, 0.15) is 39.5 Å². The lowest BCUT2D eigenvalue weighted by atomic mass is 10.0. The standard InChI is InChI=1S/C11H22N2O3S/c1-10(2)4-3-7-13(10)17(15,16)12-8-11(9-14)5-6-11/h12,14H,3-9H2,1-2H3. The molecular formula is C11H22N2O3S. The topological polar surface area (TPSA) is 69.6 Å². The van der Waals surface area contributed by atoms with Crippen LogP contribution in [0, 0.1) is 5.41 Å². The van der Waals surface area contributed by atoms with Crippen LogP contribution in [0.5, 0.6) is 0 Å². The summed E-state index contributed by atoms with van der Waals surface area (Å²) in [6.45, 7) is 4.93. The Balaban J connectivity index is 1.99. The van der Waals surface area contributed by atoms with Crippen LogP contribution < -0.4 is 4.72 Å². The molecule has 1 aliphatic heterocycles. The maximum atomic E-state index is 12.2. The predicted molar refractivity (Wildman–Crippen MR) is 65.7 cm³/mol. The van der Waals surface area contributed by atoms with Gasteiger partial charge in [0.25, 0.3) is 10.2 Å². The molecule has 5 nitrogen and oxygen atoms in total. The minimum Gasteiger partial charge on any atom is -0.396 e. The molecule has 0 aromatic heterocycles. The fourth-order valence-electron chi connectivity index (χ4n) is 2.42. The van der Waals surface area contributed by atoms with Gasteiger partial charge in [0, 0.05) is 30.7 Å². The second-order valence-electron chi connectivity index (χ2n) is 5.97. The van der Waals surface area contributed by atoms with Crippen LogP contribution in [0.25, 0.3) is 0 Å². The average Bonchev–Trinajstić information content (AvgIpc) is 2.94. The van der Waals surface area contributed by atoms with Gasteiger partial charge in [-0.25, -0.2) is 4.72 Å². The first kappa shape index (κ1) is 13.3. The Bertz CT molecular complexity index is 388. The van der Waals surface area contributed by atoms with Gasteiger partial charge in [-0.1, -0.05) is 0 Å². The molecule has 1 saturated heterocycles. The Labute approximate surface area is 103 Å². The third kappa shape index (κ3) is 2.65. The highest BCUT2D eigenvalue weighted by Crippen LogP contribution is 2.44. The lowest BCUT2D eigenvalue weighted by molar-refractivity contribution is 0.211. The number of hydrogen-bond acceptors (Lipinski definition) is 3. The van der Waals surface area contributed by atoms with E-state index in [0.29, 0.717) is 13.1 Å². The largest absolute Gasteiger partial charge is 0.396 e. The zero-order valence-electron chi connectivity index (χ0n) is 10.6. The van der Waals surface area contributed by atoms with Crippen LogP contribution in [0.3, 0.4) is 0 Å². The van der Waals surface area contributed by atoms with Crippen molar-refractivity contribution < 1.29 is 13.5 Å². The van der Waals surface area contributed by atoms with E-state index in [0.717, 1.165) is 25.7 Å². The summed E-state index contributed by atoms with van der Waals surface area (Å²) in [7, 11) is -3.40. The molecule has 2 rings (SSSR count). The van der Waals surface area contributed by atoms with E-state index >= 15 is 0 Å². The van der Waals surface area contributed by atoms with E-state index in [1.165, 1.54) is 0 Å². The van der Waals surface area contributed by atoms with Gasteiger partial charge in [-0.05, 0) is 39.5 Å². The summed E-state index contributed by atoms with van der Waals surface area (Å²) in [6, 6.07) is 0. The van der Waals surface area contributed by atoms with Crippen LogP contribution in [-0.4, -0.2) is 43.1 Å². The van der Waals surface area contributed by atoms with Gasteiger partial charge in [-0.3, -0.25) is 0 Å². The Hall–Kier alpha value is -0.170. The number of nitrogens with one attached hydrogen (secondary N) is 1. The second kappa shape index (κ2) is 4.19. The van der Waals surface area contributed by atoms with Gasteiger partial charge in [0.15, 0.2) is 0 Å². The monoisotopic (exact) mass is 262 g/mol. The molecule has 1 saturated carbocycles. The van der Waals surface area contributed by atoms with Gasteiger partial charge in [0.2, 0.25) is 0 Å². The molecule has 1 aliphatic carbocycles. The van der Waals surface area contributed by atoms with Gasteiger partial charge in [-0.2, -0.15) is 12.7 Å². The van der Waals surface area contributed by atoms with E-state index in [4.69, 9.17) is 0 Å². The van der Waals surface area contributed by atoms with Crippen molar-refractivity contribution in [3.63, 3.8) is 0 Å². The molecule has 0 bridgehead atoms. The molecule has 6 heteroatoms. The van der Waals surface area contributed by atoms with Gasteiger partial charge < -0.3 is 5.11 Å². The van der Waals surface area contributed by atoms with Crippen molar-refractivity contribution in [1.29, 1.82) is 0 Å². The van der Waals surface area contributed by atoms with E-state index in [9.17, 15) is 13.5 Å². The average molecular weight is 262 g/mol. The van der Waals surface area contributed by atoms with Crippen molar-refractivity contribution in [2.45, 2.75) is 45.1 Å². The molecule has 1 heterocycles. The SMILES string of the molecule is CC1(C)CCCN1S(=O)(=O)NCC1(CO)CC1. The van der Waals surface area contributed by atoms with Crippen molar-refractivity contribution in [2.75, 3.05) is 19.7 Å².